The third kappa shape index (κ3) is 3.71. The lowest BCUT2D eigenvalue weighted by Gasteiger charge is -2.11. The summed E-state index contributed by atoms with van der Waals surface area (Å²) in [6.07, 6.45) is -3.17. The topological polar surface area (TPSA) is 50.5 Å². The minimum absolute atomic E-state index is 0.0199. The lowest BCUT2D eigenvalue weighted by Crippen LogP contribution is -2.27. The first-order chi connectivity index (χ1) is 13.8. The number of hydrogen-bond acceptors (Lipinski definition) is 4. The molecule has 1 saturated heterocycles. The van der Waals surface area contributed by atoms with Gasteiger partial charge >= 0.3 is 6.18 Å². The predicted octanol–water partition coefficient (Wildman–Crippen LogP) is 6.21. The number of imide groups is 1. The molecule has 1 fully saturated rings. The Labute approximate surface area is 167 Å². The Hall–Kier alpha value is -3.26. The summed E-state index contributed by atoms with van der Waals surface area (Å²) < 4.78 is 45.2. The fraction of sp³-hybridized carbons (Fsp3) is 0.0476. The molecule has 0 spiro atoms. The van der Waals surface area contributed by atoms with Gasteiger partial charge in [-0.25, -0.2) is 4.90 Å². The maximum absolute atomic E-state index is 13.2. The van der Waals surface area contributed by atoms with Crippen LogP contribution in [0.2, 0.25) is 0 Å². The molecule has 0 bridgehead atoms. The smallest absolute Gasteiger partial charge is 0.417 e. The summed E-state index contributed by atoms with van der Waals surface area (Å²) in [5.74, 6) is -0.318. The van der Waals surface area contributed by atoms with Gasteiger partial charge in [-0.3, -0.25) is 9.59 Å². The molecule has 29 heavy (non-hydrogen) atoms. The van der Waals surface area contributed by atoms with E-state index < -0.39 is 22.9 Å². The molecule has 0 N–H and O–H groups in total. The summed E-state index contributed by atoms with van der Waals surface area (Å²) >= 11 is 0.742. The lowest BCUT2D eigenvalue weighted by atomic mass is 10.1. The zero-order chi connectivity index (χ0) is 20.6. The van der Waals surface area contributed by atoms with Gasteiger partial charge in [0.1, 0.15) is 11.5 Å². The van der Waals surface area contributed by atoms with Crippen LogP contribution in [0.5, 0.6) is 0 Å². The number of para-hydroxylation sites is 1. The van der Waals surface area contributed by atoms with Crippen molar-refractivity contribution in [3.63, 3.8) is 0 Å². The molecule has 8 heteroatoms. The third-order valence-corrected chi connectivity index (χ3v) is 5.08. The number of hydrogen-bond donors (Lipinski definition) is 0. The van der Waals surface area contributed by atoms with Crippen molar-refractivity contribution < 1.29 is 27.2 Å². The van der Waals surface area contributed by atoms with Crippen LogP contribution in [0.3, 0.4) is 0 Å². The summed E-state index contributed by atoms with van der Waals surface area (Å²) in [4.78, 5) is 26.0. The molecule has 0 radical (unpaired) electrons. The first-order valence-electron chi connectivity index (χ1n) is 8.44. The van der Waals surface area contributed by atoms with Crippen LogP contribution in [-0.4, -0.2) is 11.1 Å². The van der Waals surface area contributed by atoms with Crippen LogP contribution in [0.1, 0.15) is 11.3 Å². The SMILES string of the molecule is O=C1S/C(=C\c2ccc(-c3ccccc3C(F)(F)F)o2)C(=O)N1c1ccccc1. The molecule has 4 rings (SSSR count). The quantitative estimate of drug-likeness (QED) is 0.478. The minimum atomic E-state index is -4.53. The van der Waals surface area contributed by atoms with Crippen LogP contribution in [-0.2, 0) is 11.0 Å². The van der Waals surface area contributed by atoms with Crippen LogP contribution in [0.4, 0.5) is 23.7 Å². The molecule has 2 heterocycles. The Morgan fingerprint density at radius 1 is 0.897 bits per heavy atom. The molecular weight excluding hydrogens is 403 g/mol. The van der Waals surface area contributed by atoms with Gasteiger partial charge in [0.15, 0.2) is 0 Å². The van der Waals surface area contributed by atoms with E-state index in [0.717, 1.165) is 22.7 Å². The molecule has 1 aliphatic heterocycles. The van der Waals surface area contributed by atoms with E-state index in [-0.39, 0.29) is 22.0 Å². The number of anilines is 1. The Morgan fingerprint density at radius 3 is 2.31 bits per heavy atom. The van der Waals surface area contributed by atoms with E-state index in [0.29, 0.717) is 5.69 Å². The molecule has 1 aliphatic rings. The zero-order valence-corrected chi connectivity index (χ0v) is 15.5. The third-order valence-electron chi connectivity index (χ3n) is 4.21. The van der Waals surface area contributed by atoms with E-state index in [4.69, 9.17) is 4.42 Å². The maximum Gasteiger partial charge on any atom is 0.417 e. The van der Waals surface area contributed by atoms with Crippen molar-refractivity contribution in [2.24, 2.45) is 0 Å². The Bertz CT molecular complexity index is 1120. The average Bonchev–Trinajstić information content (AvgIpc) is 3.26. The molecule has 4 nitrogen and oxygen atoms in total. The molecule has 2 aromatic carbocycles. The van der Waals surface area contributed by atoms with Crippen LogP contribution in [0.25, 0.3) is 17.4 Å². The predicted molar refractivity (Wildman–Crippen MR) is 104 cm³/mol. The van der Waals surface area contributed by atoms with Crippen LogP contribution >= 0.6 is 11.8 Å². The largest absolute Gasteiger partial charge is 0.457 e. The molecule has 0 unspecified atom stereocenters. The fourth-order valence-electron chi connectivity index (χ4n) is 2.92. The van der Waals surface area contributed by atoms with E-state index in [1.54, 1.807) is 30.3 Å². The molecular formula is C21H12F3NO3S. The molecule has 2 amide bonds. The molecule has 0 aliphatic carbocycles. The summed E-state index contributed by atoms with van der Waals surface area (Å²) in [6.45, 7) is 0. The van der Waals surface area contributed by atoms with E-state index >= 15 is 0 Å². The highest BCUT2D eigenvalue weighted by atomic mass is 32.2. The highest BCUT2D eigenvalue weighted by Gasteiger charge is 2.37. The summed E-state index contributed by atoms with van der Waals surface area (Å²) in [7, 11) is 0. The number of thioether (sulfide) groups is 1. The Morgan fingerprint density at radius 2 is 1.59 bits per heavy atom. The van der Waals surface area contributed by atoms with Crippen molar-refractivity contribution in [1.29, 1.82) is 0 Å². The number of alkyl halides is 3. The number of amides is 2. The molecule has 146 valence electrons. The number of carbonyl (C=O) groups is 2. The van der Waals surface area contributed by atoms with Gasteiger partial charge in [-0.15, -0.1) is 0 Å². The van der Waals surface area contributed by atoms with Crippen molar-refractivity contribution in [1.82, 2.24) is 0 Å². The lowest BCUT2D eigenvalue weighted by molar-refractivity contribution is -0.137. The van der Waals surface area contributed by atoms with Gasteiger partial charge < -0.3 is 4.42 Å². The number of furan rings is 1. The van der Waals surface area contributed by atoms with Gasteiger partial charge in [0.25, 0.3) is 11.1 Å². The van der Waals surface area contributed by atoms with Crippen molar-refractivity contribution in [3.05, 3.63) is 83.0 Å². The molecule has 1 aromatic heterocycles. The summed E-state index contributed by atoms with van der Waals surface area (Å²) in [6, 6.07) is 16.4. The first kappa shape index (κ1) is 19.1. The molecule has 0 saturated carbocycles. The van der Waals surface area contributed by atoms with Crippen molar-refractivity contribution in [3.8, 4) is 11.3 Å². The van der Waals surface area contributed by atoms with Crippen LogP contribution in [0, 0.1) is 0 Å². The van der Waals surface area contributed by atoms with E-state index in [9.17, 15) is 22.8 Å². The van der Waals surface area contributed by atoms with Crippen LogP contribution in [0.15, 0.2) is 76.1 Å². The maximum atomic E-state index is 13.2. The zero-order valence-electron chi connectivity index (χ0n) is 14.6. The Balaban J connectivity index is 1.64. The Kier molecular flexibility index (Phi) is 4.79. The summed E-state index contributed by atoms with van der Waals surface area (Å²) in [5.41, 5.74) is -0.472. The number of nitrogens with zero attached hydrogens (tertiary/aromatic N) is 1. The van der Waals surface area contributed by atoms with Gasteiger partial charge in [0.05, 0.1) is 16.2 Å². The highest BCUT2D eigenvalue weighted by molar-refractivity contribution is 8.19. The van der Waals surface area contributed by atoms with Gasteiger partial charge in [0, 0.05) is 11.6 Å². The molecule has 3 aromatic rings. The summed E-state index contributed by atoms with van der Waals surface area (Å²) in [5, 5.41) is -0.457. The first-order valence-corrected chi connectivity index (χ1v) is 9.26. The normalized spacial score (nSPS) is 16.1. The minimum Gasteiger partial charge on any atom is -0.457 e. The van der Waals surface area contributed by atoms with E-state index in [1.807, 2.05) is 0 Å². The standard InChI is InChI=1S/C21H12F3NO3S/c22-21(23,24)16-9-5-4-8-15(16)17-11-10-14(28-17)12-18-19(26)25(20(27)29-18)13-6-2-1-3-7-13/h1-12H/b18-12-. The van der Waals surface area contributed by atoms with Crippen molar-refractivity contribution in [2.75, 3.05) is 4.90 Å². The molecule has 0 atom stereocenters. The van der Waals surface area contributed by atoms with E-state index in [1.165, 1.54) is 36.4 Å². The van der Waals surface area contributed by atoms with E-state index in [2.05, 4.69) is 0 Å². The van der Waals surface area contributed by atoms with Gasteiger partial charge in [-0.2, -0.15) is 13.2 Å². The number of rotatable bonds is 3. The van der Waals surface area contributed by atoms with Gasteiger partial charge in [-0.05, 0) is 42.1 Å². The second-order valence-corrected chi connectivity index (χ2v) is 7.09. The van der Waals surface area contributed by atoms with Gasteiger partial charge in [-0.1, -0.05) is 36.4 Å². The van der Waals surface area contributed by atoms with Crippen LogP contribution < -0.4 is 4.90 Å². The van der Waals surface area contributed by atoms with Crippen molar-refractivity contribution in [2.45, 2.75) is 6.18 Å². The van der Waals surface area contributed by atoms with Crippen molar-refractivity contribution >= 4 is 34.7 Å². The second-order valence-electron chi connectivity index (χ2n) is 6.10. The highest BCUT2D eigenvalue weighted by Crippen LogP contribution is 2.39. The number of carbonyl (C=O) groups excluding carboxylic acids is 2. The number of halogens is 3. The second kappa shape index (κ2) is 7.29. The number of benzene rings is 2. The fourth-order valence-corrected chi connectivity index (χ4v) is 3.74. The average molecular weight is 415 g/mol. The van der Waals surface area contributed by atoms with Gasteiger partial charge in [0.2, 0.25) is 0 Å². The monoisotopic (exact) mass is 415 g/mol.